The molecule has 0 saturated carbocycles. The summed E-state index contributed by atoms with van der Waals surface area (Å²) in [5.41, 5.74) is -4.59. The summed E-state index contributed by atoms with van der Waals surface area (Å²) in [6.07, 6.45) is -3.87. The lowest BCUT2D eigenvalue weighted by Gasteiger charge is -2.50. The van der Waals surface area contributed by atoms with Gasteiger partial charge in [-0.05, 0) is 102 Å². The molecule has 1 amide bonds. The number of phenolic OH excluding ortho intramolecular Hbond substituents is 3. The number of ketones is 2. The SMILES string of the molecule is CC[C@H]1OC(=O)[C@H](C)[C@@H](O[C@H]2C[C@@](C)(OC)[C@@H](O)[C@H](C)O2)[C@H](C)[C@@H](O[C@@H]2O[C@H](C)C[C@H](N(C)C)[C@H]2O)[C@](C)(OC)C[C@@H](C)C(=O)[C@H](C)[C@@H](O)[C@]1(C)O.CO[C@H]1/C=C/O[C@@]2(C)Oc3c(C)c(O)c4c(O)c(c(/C=N/N5CCN(C)CC5)c(O)c4c3C2=O)NC(=O)/C(C)=C\C=C\[C@H](C)[C@H](O)[C@@H](C)[C@@H](O)[C@@H](C)[C@H](OC(C)=O)[C@@H]1C. The molecule has 30 heteroatoms. The fraction of sp³-hybridized carbons (Fsp3) is 0.728. The van der Waals surface area contributed by atoms with Gasteiger partial charge in [0.05, 0.1) is 101 Å². The van der Waals surface area contributed by atoms with Gasteiger partial charge in [-0.2, -0.15) is 5.10 Å². The Hall–Kier alpha value is -6.46. The zero-order valence-electron chi connectivity index (χ0n) is 69.2. The Bertz CT molecular complexity index is 3710. The van der Waals surface area contributed by atoms with Gasteiger partial charge in [0.25, 0.3) is 11.7 Å². The van der Waals surface area contributed by atoms with Crippen LogP contribution in [0, 0.1) is 54.3 Å². The molecule has 2 aromatic carbocycles. The second kappa shape index (κ2) is 37.4. The molecule has 7 heterocycles. The summed E-state index contributed by atoms with van der Waals surface area (Å²) in [6, 6.07) is -0.283. The molecule has 30 nitrogen and oxygen atoms in total. The van der Waals surface area contributed by atoms with Crippen LogP contribution in [0.3, 0.4) is 0 Å². The van der Waals surface area contributed by atoms with Crippen LogP contribution in [0.4, 0.5) is 5.69 Å². The van der Waals surface area contributed by atoms with Crippen LogP contribution in [-0.2, 0) is 66.5 Å². The molecule has 7 aliphatic rings. The monoisotopic (exact) mass is 1570 g/mol. The number of aliphatic hydroxyl groups is 6. The van der Waals surface area contributed by atoms with Gasteiger partial charge in [0.1, 0.15) is 53.0 Å². The molecule has 7 aliphatic heterocycles. The number of aliphatic hydroxyl groups excluding tert-OH is 5. The molecule has 0 spiro atoms. The number of hydrogen-bond acceptors (Lipinski definition) is 29. The highest BCUT2D eigenvalue weighted by Gasteiger charge is 2.56. The molecule has 27 atom stereocenters. The second-order valence-electron chi connectivity index (χ2n) is 32.8. The maximum atomic E-state index is 14.4. The van der Waals surface area contributed by atoms with Crippen LogP contribution in [0.2, 0.25) is 0 Å². The van der Waals surface area contributed by atoms with E-state index in [0.717, 1.165) is 13.1 Å². The van der Waals surface area contributed by atoms with E-state index in [-0.39, 0.29) is 81.7 Å². The maximum absolute atomic E-state index is 14.4. The molecule has 4 fully saturated rings. The number of fused-ring (bicyclic) bond motifs is 14. The molecule has 0 aliphatic carbocycles. The van der Waals surface area contributed by atoms with E-state index in [4.69, 9.17) is 52.1 Å². The number of amides is 1. The van der Waals surface area contributed by atoms with Crippen molar-refractivity contribution >= 4 is 52.1 Å². The van der Waals surface area contributed by atoms with Crippen molar-refractivity contribution in [2.45, 2.75) is 265 Å². The first-order valence-corrected chi connectivity index (χ1v) is 38.7. The number of nitrogens with one attached hydrogen (secondary N) is 1. The summed E-state index contributed by atoms with van der Waals surface area (Å²) in [7, 11) is 10.2. The van der Waals surface area contributed by atoms with Gasteiger partial charge < -0.3 is 113 Å². The van der Waals surface area contributed by atoms with Crippen molar-refractivity contribution < 1.29 is 122 Å². The highest BCUT2D eigenvalue weighted by atomic mass is 16.7. The molecule has 111 heavy (non-hydrogen) atoms. The van der Waals surface area contributed by atoms with E-state index in [0.29, 0.717) is 19.5 Å². The number of aromatic hydroxyl groups is 3. The van der Waals surface area contributed by atoms with Gasteiger partial charge in [-0.3, -0.25) is 29.0 Å². The summed E-state index contributed by atoms with van der Waals surface area (Å²) in [6.45, 7) is 32.1. The summed E-state index contributed by atoms with van der Waals surface area (Å²) >= 11 is 0. The number of carbonyl (C=O) groups is 5. The third kappa shape index (κ3) is 19.7. The van der Waals surface area contributed by atoms with E-state index in [1.165, 1.54) is 80.6 Å². The largest absolute Gasteiger partial charge is 0.507 e. The third-order valence-electron chi connectivity index (χ3n) is 24.1. The molecule has 0 unspecified atom stereocenters. The Morgan fingerprint density at radius 1 is 0.748 bits per heavy atom. The zero-order chi connectivity index (χ0) is 83.3. The number of piperazine rings is 1. The number of rotatable bonds is 12. The van der Waals surface area contributed by atoms with E-state index in [2.05, 4.69) is 15.3 Å². The van der Waals surface area contributed by atoms with E-state index in [1.54, 1.807) is 93.3 Å². The summed E-state index contributed by atoms with van der Waals surface area (Å²) in [4.78, 5) is 72.7. The molecule has 626 valence electrons. The van der Waals surface area contributed by atoms with E-state index < -0.39 is 191 Å². The molecule has 9 rings (SSSR count). The lowest BCUT2D eigenvalue weighted by Crippen LogP contribution is -2.61. The normalized spacial score (nSPS) is 40.0. The Morgan fingerprint density at radius 3 is 1.96 bits per heavy atom. The van der Waals surface area contributed by atoms with Crippen molar-refractivity contribution in [2.24, 2.45) is 52.4 Å². The first-order valence-electron chi connectivity index (χ1n) is 38.7. The lowest BCUT2D eigenvalue weighted by atomic mass is 9.74. The quantitative estimate of drug-likeness (QED) is 0.0453. The number of hydrazone groups is 1. The average molecular weight is 1570 g/mol. The smallest absolute Gasteiger partial charge is 0.312 e. The highest BCUT2D eigenvalue weighted by Crippen LogP contribution is 2.55. The number of anilines is 1. The van der Waals surface area contributed by atoms with E-state index >= 15 is 0 Å². The van der Waals surface area contributed by atoms with Gasteiger partial charge in [0.2, 0.25) is 0 Å². The molecular formula is C81H127N5O25. The van der Waals surface area contributed by atoms with Gasteiger partial charge in [-0.15, -0.1) is 0 Å². The number of Topliss-reactive ketones (excluding diaryl/α,β-unsaturated/α-hetero) is 2. The summed E-state index contributed by atoms with van der Waals surface area (Å²) in [5, 5.41) is 112. The third-order valence-corrected chi connectivity index (χ3v) is 24.1. The van der Waals surface area contributed by atoms with Crippen LogP contribution >= 0.6 is 0 Å². The number of likely N-dealkylation sites (N-methyl/N-ethyl adjacent to an activating group) is 2. The van der Waals surface area contributed by atoms with Crippen molar-refractivity contribution in [1.82, 2.24) is 14.8 Å². The standard InChI is InChI=1S/C43H58N4O12.C38H69NO13/c1-21-12-11-13-22(2)42(55)45-33-28(20-44-47-17-15-46(9)16-18-47)37(52)30-31(38(33)53)36(51)26(6)40-32(30)41(54)43(8,59-40)57-19-14-29(56-10)23(3)39(58-27(7)48)25(5)35(50)24(4)34(21)49;1-15-26-38(10,45)31(42)21(4)28(40)19(2)17-37(9,47-14)33(52-35-29(41)25(39(11)12)16-20(3)48-35)22(5)30(23(6)34(44)50-26)51-27-18-36(8,46-13)32(43)24(7)49-27/h11-14,19-21,23-25,29,34-35,39,49-53H,15-18H2,1-10H3,(H,45,55);19-27,29-33,35,41-43,45H,15-18H2,1-14H3/b12-11+,19-14+,22-13-,44-20+;/t21-,23+,24+,25+,29-,34-,35+,39+,43-;19-,20-,21+,22+,23-,24+,25+,26-,27+,29-,30+,31-,32+,33-,35+,36-,37-,38-/m01/s1. The Balaban J connectivity index is 0.000000311. The van der Waals surface area contributed by atoms with E-state index in [9.17, 15) is 69.9 Å². The number of allylic oxidation sites excluding steroid dienone is 2. The van der Waals surface area contributed by atoms with Crippen LogP contribution in [0.1, 0.15) is 165 Å². The topological polar surface area (TPSA) is 403 Å². The zero-order valence-corrected chi connectivity index (χ0v) is 69.2. The van der Waals surface area contributed by atoms with Crippen LogP contribution < -0.4 is 10.1 Å². The second-order valence-corrected chi connectivity index (χ2v) is 32.8. The maximum Gasteiger partial charge on any atom is 0.312 e. The number of ether oxygens (including phenoxy) is 11. The molecule has 0 radical (unpaired) electrons. The van der Waals surface area contributed by atoms with Crippen LogP contribution in [0.5, 0.6) is 23.0 Å². The Kier molecular flexibility index (Phi) is 30.9. The van der Waals surface area contributed by atoms with E-state index in [1.807, 2.05) is 39.9 Å². The number of esters is 2. The summed E-state index contributed by atoms with van der Waals surface area (Å²) < 4.78 is 67.5. The fourth-order valence-corrected chi connectivity index (χ4v) is 16.5. The van der Waals surface area contributed by atoms with Crippen molar-refractivity contribution in [1.29, 1.82) is 0 Å². The average Bonchev–Trinajstić information content (AvgIpc) is 1.56. The molecule has 2 aromatic rings. The predicted molar refractivity (Wildman–Crippen MR) is 412 cm³/mol. The van der Waals surface area contributed by atoms with Crippen molar-refractivity contribution in [3.8, 4) is 23.0 Å². The van der Waals surface area contributed by atoms with Gasteiger partial charge in [-0.25, -0.2) is 0 Å². The molecule has 4 saturated heterocycles. The first kappa shape index (κ1) is 91.7. The van der Waals surface area contributed by atoms with Crippen LogP contribution in [-0.4, -0.2) is 280 Å². The first-order chi connectivity index (χ1) is 51.7. The van der Waals surface area contributed by atoms with Crippen molar-refractivity contribution in [3.05, 3.63) is 52.8 Å². The lowest BCUT2D eigenvalue weighted by molar-refractivity contribution is -0.319. The number of benzene rings is 2. The number of nitrogens with zero attached hydrogens (tertiary/aromatic N) is 4. The molecule has 5 bridgehead atoms. The van der Waals surface area contributed by atoms with Gasteiger partial charge in [-0.1, -0.05) is 73.6 Å². The number of methoxy groups -OCH3 is 3. The minimum absolute atomic E-state index is 0.0559. The number of phenols is 3. The predicted octanol–water partition coefficient (Wildman–Crippen LogP) is 6.78. The highest BCUT2D eigenvalue weighted by molar-refractivity contribution is 6.24. The fourth-order valence-electron chi connectivity index (χ4n) is 16.5. The van der Waals surface area contributed by atoms with Crippen molar-refractivity contribution in [3.63, 3.8) is 0 Å². The number of carbonyl (C=O) groups excluding carboxylic acids is 5. The molecule has 0 aromatic heterocycles. The van der Waals surface area contributed by atoms with Gasteiger partial charge >= 0.3 is 17.7 Å². The minimum atomic E-state index is -2.04. The van der Waals surface area contributed by atoms with Gasteiger partial charge in [0.15, 0.2) is 18.3 Å². The van der Waals surface area contributed by atoms with Crippen molar-refractivity contribution in [2.75, 3.05) is 74.0 Å². The number of hydrogen-bond donors (Lipinski definition) is 10. The summed E-state index contributed by atoms with van der Waals surface area (Å²) in [5.74, 6) is -12.8. The van der Waals surface area contributed by atoms with Crippen LogP contribution in [0.15, 0.2) is 41.2 Å². The Morgan fingerprint density at radius 2 is 1.38 bits per heavy atom. The molecular weight excluding hydrogens is 1440 g/mol. The number of cyclic esters (lactones) is 1. The van der Waals surface area contributed by atoms with Gasteiger partial charge in [0, 0.05) is 132 Å². The Labute approximate surface area is 653 Å². The van der Waals surface area contributed by atoms with Crippen LogP contribution in [0.25, 0.3) is 10.8 Å². The molecule has 10 N–H and O–H groups in total. The minimum Gasteiger partial charge on any atom is -0.507 e.